The highest BCUT2D eigenvalue weighted by Crippen LogP contribution is 2.15. The van der Waals surface area contributed by atoms with Crippen molar-refractivity contribution in [2.75, 3.05) is 13.2 Å². The van der Waals surface area contributed by atoms with Crippen molar-refractivity contribution in [3.63, 3.8) is 0 Å². The van der Waals surface area contributed by atoms with Gasteiger partial charge < -0.3 is 15.2 Å². The minimum Gasteiger partial charge on any atom is -0.491 e. The zero-order valence-electron chi connectivity index (χ0n) is 12.9. The van der Waals surface area contributed by atoms with Gasteiger partial charge >= 0.3 is 0 Å². The maximum atomic E-state index is 13.0. The molecule has 0 saturated heterocycles. The summed E-state index contributed by atoms with van der Waals surface area (Å²) < 4.78 is 30.8. The molecule has 1 rings (SSSR count). The lowest BCUT2D eigenvalue weighted by Gasteiger charge is -2.13. The number of carbonyl (C=O) groups is 1. The summed E-state index contributed by atoms with van der Waals surface area (Å²) >= 11 is 0. The number of carbonyl (C=O) groups excluding carboxylic acids is 1. The van der Waals surface area contributed by atoms with Gasteiger partial charge in [0.15, 0.2) is 11.6 Å². The van der Waals surface area contributed by atoms with Crippen molar-refractivity contribution in [2.45, 2.75) is 26.9 Å². The van der Waals surface area contributed by atoms with Gasteiger partial charge in [-0.1, -0.05) is 26.8 Å². The van der Waals surface area contributed by atoms with Crippen molar-refractivity contribution in [1.82, 2.24) is 5.32 Å². The van der Waals surface area contributed by atoms with Crippen LogP contribution in [0.2, 0.25) is 0 Å². The first-order chi connectivity index (χ1) is 10.2. The molecular formula is C16H21F2NO3. The number of hydrogen-bond donors (Lipinski definition) is 2. The largest absolute Gasteiger partial charge is 0.491 e. The van der Waals surface area contributed by atoms with E-state index < -0.39 is 17.7 Å². The first-order valence-electron chi connectivity index (χ1n) is 6.90. The molecule has 2 N–H and O–H groups in total. The lowest BCUT2D eigenvalue weighted by molar-refractivity contribution is -0.117. The summed E-state index contributed by atoms with van der Waals surface area (Å²) in [5.41, 5.74) is -0.105. The first kappa shape index (κ1) is 18.1. The average Bonchev–Trinajstić information content (AvgIpc) is 2.43. The van der Waals surface area contributed by atoms with Crippen LogP contribution >= 0.6 is 0 Å². The Kier molecular flexibility index (Phi) is 6.49. The molecule has 1 unspecified atom stereocenters. The van der Waals surface area contributed by atoms with Gasteiger partial charge in [0, 0.05) is 12.6 Å². The van der Waals surface area contributed by atoms with Crippen molar-refractivity contribution in [2.24, 2.45) is 5.41 Å². The van der Waals surface area contributed by atoms with E-state index in [-0.39, 0.29) is 30.2 Å². The van der Waals surface area contributed by atoms with Crippen LogP contribution in [0.15, 0.2) is 30.4 Å². The molecule has 1 aromatic carbocycles. The number of halogens is 2. The standard InChI is InChI=1S/C16H21F2NO3/c1-16(2,3)7-6-15(21)19-9-11(20)10-22-12-4-5-13(17)14(18)8-12/h4-8,11,20H,9-10H2,1-3H3,(H,19,21)/b7-6+. The highest BCUT2D eigenvalue weighted by molar-refractivity contribution is 5.87. The number of aliphatic hydroxyl groups excluding tert-OH is 1. The van der Waals surface area contributed by atoms with Crippen LogP contribution in [0.1, 0.15) is 20.8 Å². The monoisotopic (exact) mass is 313 g/mol. The predicted molar refractivity (Wildman–Crippen MR) is 79.5 cm³/mol. The van der Waals surface area contributed by atoms with Crippen molar-refractivity contribution in [3.8, 4) is 5.75 Å². The van der Waals surface area contributed by atoms with Crippen molar-refractivity contribution in [1.29, 1.82) is 0 Å². The molecule has 22 heavy (non-hydrogen) atoms. The van der Waals surface area contributed by atoms with Gasteiger partial charge in [-0.25, -0.2) is 8.78 Å². The molecule has 0 aliphatic rings. The highest BCUT2D eigenvalue weighted by Gasteiger charge is 2.09. The summed E-state index contributed by atoms with van der Waals surface area (Å²) in [4.78, 5) is 11.5. The third kappa shape index (κ3) is 7.17. The number of benzene rings is 1. The van der Waals surface area contributed by atoms with E-state index >= 15 is 0 Å². The Morgan fingerprint density at radius 2 is 2.05 bits per heavy atom. The zero-order chi connectivity index (χ0) is 16.8. The average molecular weight is 313 g/mol. The first-order valence-corrected chi connectivity index (χ1v) is 6.90. The third-order valence-electron chi connectivity index (χ3n) is 2.58. The van der Waals surface area contributed by atoms with Gasteiger partial charge in [0.25, 0.3) is 0 Å². The van der Waals surface area contributed by atoms with E-state index in [2.05, 4.69) is 5.32 Å². The van der Waals surface area contributed by atoms with E-state index in [1.807, 2.05) is 20.8 Å². The molecule has 0 aliphatic heterocycles. The van der Waals surface area contributed by atoms with E-state index in [1.165, 1.54) is 12.1 Å². The zero-order valence-corrected chi connectivity index (χ0v) is 12.9. The molecule has 0 saturated carbocycles. The maximum absolute atomic E-state index is 13.0. The van der Waals surface area contributed by atoms with Gasteiger partial charge in [-0.05, 0) is 23.6 Å². The molecule has 0 aromatic heterocycles. The van der Waals surface area contributed by atoms with Crippen LogP contribution in [0.25, 0.3) is 0 Å². The van der Waals surface area contributed by atoms with Crippen molar-refractivity contribution >= 4 is 5.91 Å². The second kappa shape index (κ2) is 7.89. The summed E-state index contributed by atoms with van der Waals surface area (Å²) in [6.07, 6.45) is 2.20. The molecule has 0 fully saturated rings. The van der Waals surface area contributed by atoms with Crippen LogP contribution in [0.5, 0.6) is 5.75 Å². The number of allylic oxidation sites excluding steroid dienone is 1. The van der Waals surface area contributed by atoms with Gasteiger partial charge in [-0.2, -0.15) is 0 Å². The quantitative estimate of drug-likeness (QED) is 0.793. The van der Waals surface area contributed by atoms with E-state index in [9.17, 15) is 18.7 Å². The third-order valence-corrected chi connectivity index (χ3v) is 2.58. The number of hydrogen-bond acceptors (Lipinski definition) is 3. The Morgan fingerprint density at radius 3 is 2.64 bits per heavy atom. The van der Waals surface area contributed by atoms with Crippen molar-refractivity contribution in [3.05, 3.63) is 42.0 Å². The summed E-state index contributed by atoms with van der Waals surface area (Å²) in [5, 5.41) is 12.2. The van der Waals surface area contributed by atoms with E-state index in [1.54, 1.807) is 6.08 Å². The Bertz CT molecular complexity index is 539. The van der Waals surface area contributed by atoms with Crippen molar-refractivity contribution < 1.29 is 23.4 Å². The van der Waals surface area contributed by atoms with Gasteiger partial charge in [-0.15, -0.1) is 0 Å². The Morgan fingerprint density at radius 1 is 1.36 bits per heavy atom. The van der Waals surface area contributed by atoms with Gasteiger partial charge in [0.2, 0.25) is 5.91 Å². The smallest absolute Gasteiger partial charge is 0.243 e. The topological polar surface area (TPSA) is 58.6 Å². The number of nitrogens with one attached hydrogen (secondary N) is 1. The lowest BCUT2D eigenvalue weighted by atomic mass is 9.96. The minimum atomic E-state index is -1.02. The number of amides is 1. The summed E-state index contributed by atoms with van der Waals surface area (Å²) in [7, 11) is 0. The minimum absolute atomic E-state index is 0.00298. The second-order valence-electron chi connectivity index (χ2n) is 5.99. The van der Waals surface area contributed by atoms with Crippen LogP contribution in [-0.2, 0) is 4.79 Å². The Balaban J connectivity index is 2.34. The molecule has 0 spiro atoms. The maximum Gasteiger partial charge on any atom is 0.243 e. The Hall–Kier alpha value is -1.95. The fourth-order valence-electron chi connectivity index (χ4n) is 1.42. The highest BCUT2D eigenvalue weighted by atomic mass is 19.2. The van der Waals surface area contributed by atoms with E-state index in [0.717, 1.165) is 12.1 Å². The fourth-order valence-corrected chi connectivity index (χ4v) is 1.42. The second-order valence-corrected chi connectivity index (χ2v) is 5.99. The van der Waals surface area contributed by atoms with Gasteiger partial charge in [0.1, 0.15) is 18.5 Å². The molecule has 0 aliphatic carbocycles. The molecule has 1 amide bonds. The molecule has 0 bridgehead atoms. The summed E-state index contributed by atoms with van der Waals surface area (Å²) in [6, 6.07) is 3.10. The normalized spacial score (nSPS) is 13.2. The molecule has 0 heterocycles. The van der Waals surface area contributed by atoms with Gasteiger partial charge in [-0.3, -0.25) is 4.79 Å². The molecule has 0 radical (unpaired) electrons. The number of rotatable bonds is 6. The molecule has 1 atom stereocenters. The van der Waals surface area contributed by atoms with Crippen LogP contribution in [-0.4, -0.2) is 30.3 Å². The lowest BCUT2D eigenvalue weighted by Crippen LogP contribution is -2.34. The molecule has 6 heteroatoms. The molecular weight excluding hydrogens is 292 g/mol. The summed E-state index contributed by atoms with van der Waals surface area (Å²) in [6.45, 7) is 5.73. The van der Waals surface area contributed by atoms with E-state index in [4.69, 9.17) is 4.74 Å². The molecule has 4 nitrogen and oxygen atoms in total. The Labute approximate surface area is 128 Å². The van der Waals surface area contributed by atoms with Crippen LogP contribution in [0.3, 0.4) is 0 Å². The van der Waals surface area contributed by atoms with Crippen LogP contribution < -0.4 is 10.1 Å². The van der Waals surface area contributed by atoms with Gasteiger partial charge in [0.05, 0.1) is 0 Å². The van der Waals surface area contributed by atoms with E-state index in [0.29, 0.717) is 0 Å². The SMILES string of the molecule is CC(C)(C)/C=C/C(=O)NCC(O)COc1ccc(F)c(F)c1. The van der Waals surface area contributed by atoms with Crippen LogP contribution in [0.4, 0.5) is 8.78 Å². The number of ether oxygens (including phenoxy) is 1. The van der Waals surface area contributed by atoms with Crippen LogP contribution in [0, 0.1) is 17.0 Å². The molecule has 122 valence electrons. The fraction of sp³-hybridized carbons (Fsp3) is 0.438. The number of aliphatic hydroxyl groups is 1. The molecule has 1 aromatic rings. The summed E-state index contributed by atoms with van der Waals surface area (Å²) in [5.74, 6) is -2.20. The predicted octanol–water partition coefficient (Wildman–Crippen LogP) is 2.42.